The summed E-state index contributed by atoms with van der Waals surface area (Å²) in [5, 5.41) is 3.00. The Labute approximate surface area is 198 Å². The predicted molar refractivity (Wildman–Crippen MR) is 133 cm³/mol. The van der Waals surface area contributed by atoms with Crippen molar-refractivity contribution in [2.75, 3.05) is 19.8 Å². The Morgan fingerprint density at radius 1 is 1.09 bits per heavy atom. The zero-order chi connectivity index (χ0) is 24.1. The molecule has 2 aromatic rings. The number of rotatable bonds is 8. The monoisotopic (exact) mass is 469 g/mol. The molecule has 7 heteroatoms. The quantitative estimate of drug-likeness (QED) is 0.496. The molecular weight excluding hydrogens is 434 g/mol. The van der Waals surface area contributed by atoms with Gasteiger partial charge >= 0.3 is 6.09 Å². The first-order valence-corrected chi connectivity index (χ1v) is 14.2. The minimum Gasteiger partial charge on any atom is -0.486 e. The lowest BCUT2D eigenvalue weighted by Gasteiger charge is -2.37. The smallest absolute Gasteiger partial charge is 0.408 e. The number of ether oxygens (including phenoxy) is 3. The van der Waals surface area contributed by atoms with Crippen molar-refractivity contribution in [1.82, 2.24) is 5.32 Å². The second kappa shape index (κ2) is 10.4. The SMILES string of the molecule is C=C(c1ccc2c(c1)OCCO2)[C@@H](CO[Si](C)(C)C(C)(C)C)NC(=O)OCc1ccccc1. The molecule has 0 aromatic heterocycles. The Morgan fingerprint density at radius 3 is 2.42 bits per heavy atom. The van der Waals surface area contributed by atoms with E-state index in [0.717, 1.165) is 16.7 Å². The molecule has 0 saturated heterocycles. The van der Waals surface area contributed by atoms with Gasteiger partial charge in [0.15, 0.2) is 19.8 Å². The second-order valence-electron chi connectivity index (χ2n) is 9.71. The van der Waals surface area contributed by atoms with Crippen molar-refractivity contribution in [3.63, 3.8) is 0 Å². The number of benzene rings is 2. The Hall–Kier alpha value is -2.77. The van der Waals surface area contributed by atoms with Crippen LogP contribution in [0.3, 0.4) is 0 Å². The molecule has 2 aromatic carbocycles. The summed E-state index contributed by atoms with van der Waals surface area (Å²) in [6, 6.07) is 14.8. The maximum atomic E-state index is 12.7. The van der Waals surface area contributed by atoms with E-state index in [1.165, 1.54) is 0 Å². The Bertz CT molecular complexity index is 968. The van der Waals surface area contributed by atoms with Crippen LogP contribution in [0, 0.1) is 0 Å². The summed E-state index contributed by atoms with van der Waals surface area (Å²) >= 11 is 0. The summed E-state index contributed by atoms with van der Waals surface area (Å²) in [4.78, 5) is 12.7. The summed E-state index contributed by atoms with van der Waals surface area (Å²) < 4.78 is 23.2. The van der Waals surface area contributed by atoms with Crippen LogP contribution >= 0.6 is 0 Å². The van der Waals surface area contributed by atoms with Gasteiger partial charge in [-0.1, -0.05) is 63.7 Å². The first kappa shape index (κ1) is 24.9. The Kier molecular flexibility index (Phi) is 7.87. The lowest BCUT2D eigenvalue weighted by atomic mass is 10.00. The van der Waals surface area contributed by atoms with Crippen LogP contribution in [0.15, 0.2) is 55.1 Å². The third-order valence-corrected chi connectivity index (χ3v) is 10.8. The van der Waals surface area contributed by atoms with Crippen molar-refractivity contribution in [3.8, 4) is 11.5 Å². The van der Waals surface area contributed by atoms with Gasteiger partial charge in [0, 0.05) is 0 Å². The van der Waals surface area contributed by atoms with Gasteiger partial charge in [-0.3, -0.25) is 0 Å². The molecule has 0 bridgehead atoms. The highest BCUT2D eigenvalue weighted by Gasteiger charge is 2.38. The fraction of sp³-hybridized carbons (Fsp3) is 0.423. The van der Waals surface area contributed by atoms with Gasteiger partial charge in [0.2, 0.25) is 0 Å². The first-order valence-electron chi connectivity index (χ1n) is 11.3. The summed E-state index contributed by atoms with van der Waals surface area (Å²) in [7, 11) is -2.04. The number of fused-ring (bicyclic) bond motifs is 1. The highest BCUT2D eigenvalue weighted by atomic mass is 28.4. The van der Waals surface area contributed by atoms with Crippen LogP contribution in [0.25, 0.3) is 5.57 Å². The van der Waals surface area contributed by atoms with Crippen molar-refractivity contribution in [2.45, 2.75) is 51.6 Å². The van der Waals surface area contributed by atoms with E-state index < -0.39 is 20.5 Å². The number of amides is 1. The van der Waals surface area contributed by atoms with E-state index in [0.29, 0.717) is 31.3 Å². The van der Waals surface area contributed by atoms with Crippen molar-refractivity contribution in [3.05, 3.63) is 66.2 Å². The third-order valence-electron chi connectivity index (χ3n) is 6.26. The minimum absolute atomic E-state index is 0.0453. The van der Waals surface area contributed by atoms with E-state index in [4.69, 9.17) is 18.6 Å². The topological polar surface area (TPSA) is 66.0 Å². The molecule has 0 radical (unpaired) electrons. The van der Waals surface area contributed by atoms with Gasteiger partial charge in [0.1, 0.15) is 19.8 Å². The highest BCUT2D eigenvalue weighted by molar-refractivity contribution is 6.74. The molecule has 1 N–H and O–H groups in total. The molecule has 0 aliphatic carbocycles. The highest BCUT2D eigenvalue weighted by Crippen LogP contribution is 2.37. The van der Waals surface area contributed by atoms with Gasteiger partial charge in [0.05, 0.1) is 12.6 Å². The standard InChI is InChI=1S/C26H35NO5Si/c1-19(21-12-13-23-24(16-21)30-15-14-29-23)22(18-32-33(5,6)26(2,3)4)27-25(28)31-17-20-10-8-7-9-11-20/h7-13,16,22H,1,14-15,17-18H2,2-6H3,(H,27,28)/t22-/m1/s1. The lowest BCUT2D eigenvalue weighted by molar-refractivity contribution is 0.134. The second-order valence-corrected chi connectivity index (χ2v) is 14.5. The predicted octanol–water partition coefficient (Wildman–Crippen LogP) is 5.79. The van der Waals surface area contributed by atoms with Crippen molar-refractivity contribution in [1.29, 1.82) is 0 Å². The molecule has 1 aliphatic rings. The maximum absolute atomic E-state index is 12.7. The van der Waals surface area contributed by atoms with E-state index in [1.54, 1.807) is 0 Å². The van der Waals surface area contributed by atoms with E-state index in [2.05, 4.69) is 45.8 Å². The minimum atomic E-state index is -2.04. The maximum Gasteiger partial charge on any atom is 0.408 e. The molecule has 1 aliphatic heterocycles. The summed E-state index contributed by atoms with van der Waals surface area (Å²) in [6.07, 6.45) is -0.513. The zero-order valence-electron chi connectivity index (χ0n) is 20.3. The van der Waals surface area contributed by atoms with E-state index >= 15 is 0 Å². The van der Waals surface area contributed by atoms with E-state index in [-0.39, 0.29) is 11.6 Å². The number of carbonyl (C=O) groups is 1. The van der Waals surface area contributed by atoms with E-state index in [1.807, 2.05) is 48.5 Å². The molecule has 0 fully saturated rings. The van der Waals surface area contributed by atoms with Gasteiger partial charge in [-0.15, -0.1) is 0 Å². The lowest BCUT2D eigenvalue weighted by Crippen LogP contribution is -2.46. The van der Waals surface area contributed by atoms with E-state index in [9.17, 15) is 4.79 Å². The van der Waals surface area contributed by atoms with Crippen LogP contribution in [0.5, 0.6) is 11.5 Å². The molecule has 6 nitrogen and oxygen atoms in total. The van der Waals surface area contributed by atoms with Crippen LogP contribution in [-0.2, 0) is 15.8 Å². The normalized spacial score (nSPS) is 14.3. The van der Waals surface area contributed by atoms with Gasteiger partial charge in [-0.05, 0) is 47.0 Å². The summed E-state index contributed by atoms with van der Waals surface area (Å²) in [6.45, 7) is 16.7. The summed E-state index contributed by atoms with van der Waals surface area (Å²) in [5.41, 5.74) is 2.50. The fourth-order valence-electron chi connectivity index (χ4n) is 3.09. The van der Waals surface area contributed by atoms with Crippen LogP contribution in [0.4, 0.5) is 4.79 Å². The van der Waals surface area contributed by atoms with Crippen molar-refractivity contribution < 1.29 is 23.4 Å². The largest absolute Gasteiger partial charge is 0.486 e. The van der Waals surface area contributed by atoms with Crippen LogP contribution < -0.4 is 14.8 Å². The number of hydrogen-bond acceptors (Lipinski definition) is 5. The molecule has 1 amide bonds. The molecule has 0 unspecified atom stereocenters. The Morgan fingerprint density at radius 2 is 1.76 bits per heavy atom. The van der Waals surface area contributed by atoms with Crippen LogP contribution in [0.2, 0.25) is 18.1 Å². The third kappa shape index (κ3) is 6.62. The van der Waals surface area contributed by atoms with Crippen molar-refractivity contribution >= 4 is 20.0 Å². The summed E-state index contributed by atoms with van der Waals surface area (Å²) in [5.74, 6) is 1.39. The molecule has 33 heavy (non-hydrogen) atoms. The molecule has 0 spiro atoms. The molecule has 1 atom stereocenters. The van der Waals surface area contributed by atoms with Gasteiger partial charge in [0.25, 0.3) is 0 Å². The molecule has 1 heterocycles. The molecular formula is C26H35NO5Si. The number of nitrogens with one attached hydrogen (secondary N) is 1. The number of carbonyl (C=O) groups excluding carboxylic acids is 1. The number of alkyl carbamates (subject to hydrolysis) is 1. The average Bonchev–Trinajstić information content (AvgIpc) is 2.79. The molecule has 178 valence electrons. The zero-order valence-corrected chi connectivity index (χ0v) is 21.3. The van der Waals surface area contributed by atoms with Gasteiger partial charge < -0.3 is 24.0 Å². The van der Waals surface area contributed by atoms with Crippen molar-refractivity contribution in [2.24, 2.45) is 0 Å². The fourth-order valence-corrected chi connectivity index (χ4v) is 4.11. The number of hydrogen-bond donors (Lipinski definition) is 1. The average molecular weight is 470 g/mol. The van der Waals surface area contributed by atoms with Crippen LogP contribution in [-0.4, -0.2) is 40.3 Å². The van der Waals surface area contributed by atoms with Gasteiger partial charge in [-0.25, -0.2) is 4.79 Å². The molecule has 3 rings (SSSR count). The Balaban J connectivity index is 1.74. The first-order chi connectivity index (χ1) is 15.6. The van der Waals surface area contributed by atoms with Gasteiger partial charge in [-0.2, -0.15) is 0 Å². The van der Waals surface area contributed by atoms with Crippen LogP contribution in [0.1, 0.15) is 31.9 Å². The molecule has 0 saturated carbocycles.